The van der Waals surface area contributed by atoms with E-state index in [2.05, 4.69) is 26.8 Å². The Bertz CT molecular complexity index is 1130. The molecule has 3 aromatic rings. The molecular formula is C21H18ClF5N4S. The highest BCUT2D eigenvalue weighted by molar-refractivity contribution is 7.12. The second kappa shape index (κ2) is 8.99. The Balaban J connectivity index is 1.76. The monoisotopic (exact) mass is 488 g/mol. The number of nitrogens with zero attached hydrogens (tertiary/aromatic N) is 4. The smallest absolute Gasteiger partial charge is 0.296 e. The van der Waals surface area contributed by atoms with Crippen molar-refractivity contribution < 1.29 is 22.0 Å². The van der Waals surface area contributed by atoms with E-state index >= 15 is 0 Å². The summed E-state index contributed by atoms with van der Waals surface area (Å²) in [5.41, 5.74) is -0.768. The quantitative estimate of drug-likeness (QED) is 0.320. The van der Waals surface area contributed by atoms with Gasteiger partial charge < -0.3 is 0 Å². The third-order valence-corrected chi connectivity index (χ3v) is 6.72. The largest absolute Gasteiger partial charge is 0.416 e. The molecule has 1 atom stereocenters. The fourth-order valence-corrected chi connectivity index (χ4v) is 5.03. The summed E-state index contributed by atoms with van der Waals surface area (Å²) in [5.74, 6) is -1.77. The second-order valence-corrected chi connectivity index (χ2v) is 9.20. The van der Waals surface area contributed by atoms with Crippen LogP contribution in [-0.2, 0) is 19.1 Å². The van der Waals surface area contributed by atoms with Crippen LogP contribution in [0.25, 0.3) is 11.3 Å². The van der Waals surface area contributed by atoms with Crippen LogP contribution in [0.5, 0.6) is 0 Å². The summed E-state index contributed by atoms with van der Waals surface area (Å²) < 4.78 is 68.1. The highest BCUT2D eigenvalue weighted by Gasteiger charge is 2.32. The number of halogens is 6. The molecule has 3 heterocycles. The molecule has 1 aromatic carbocycles. The van der Waals surface area contributed by atoms with Gasteiger partial charge in [0.2, 0.25) is 0 Å². The van der Waals surface area contributed by atoms with Crippen LogP contribution < -0.4 is 0 Å². The maximum atomic E-state index is 14.3. The van der Waals surface area contributed by atoms with Gasteiger partial charge in [-0.1, -0.05) is 11.6 Å². The number of hydrogen-bond acceptors (Lipinski definition) is 5. The summed E-state index contributed by atoms with van der Waals surface area (Å²) in [4.78, 5) is 14.8. The van der Waals surface area contributed by atoms with Gasteiger partial charge in [0.15, 0.2) is 11.0 Å². The molecule has 1 aliphatic heterocycles. The van der Waals surface area contributed by atoms with Gasteiger partial charge in [-0.05, 0) is 44.5 Å². The molecule has 4 rings (SSSR count). The van der Waals surface area contributed by atoms with Crippen molar-refractivity contribution in [3.63, 3.8) is 0 Å². The van der Waals surface area contributed by atoms with E-state index in [9.17, 15) is 22.0 Å². The Morgan fingerprint density at radius 3 is 2.66 bits per heavy atom. The van der Waals surface area contributed by atoms with Crippen LogP contribution >= 0.6 is 22.9 Å². The summed E-state index contributed by atoms with van der Waals surface area (Å²) in [5, 5.41) is 0.117. The maximum Gasteiger partial charge on any atom is 0.416 e. The van der Waals surface area contributed by atoms with Crippen LogP contribution in [-0.4, -0.2) is 32.4 Å². The average Bonchev–Trinajstić information content (AvgIpc) is 3.31. The fraction of sp³-hybridized carbons (Fsp3) is 0.381. The molecule has 0 bridgehead atoms. The molecule has 0 unspecified atom stereocenters. The Kier molecular flexibility index (Phi) is 6.46. The molecule has 0 amide bonds. The molecule has 0 N–H and O–H groups in total. The molecule has 4 nitrogen and oxygen atoms in total. The molecule has 32 heavy (non-hydrogen) atoms. The summed E-state index contributed by atoms with van der Waals surface area (Å²) in [6, 6.07) is 2.69. The molecule has 1 aliphatic rings. The van der Waals surface area contributed by atoms with Gasteiger partial charge in [0.25, 0.3) is 0 Å². The Morgan fingerprint density at radius 2 is 1.97 bits per heavy atom. The summed E-state index contributed by atoms with van der Waals surface area (Å²) in [6.45, 7) is 3.39. The van der Waals surface area contributed by atoms with E-state index in [1.54, 1.807) is 0 Å². The fourth-order valence-electron chi connectivity index (χ4n) is 3.76. The van der Waals surface area contributed by atoms with Gasteiger partial charge in [0.05, 0.1) is 22.0 Å². The van der Waals surface area contributed by atoms with E-state index in [0.29, 0.717) is 28.5 Å². The van der Waals surface area contributed by atoms with Crippen molar-refractivity contribution in [3.05, 3.63) is 62.5 Å². The van der Waals surface area contributed by atoms with E-state index in [1.165, 1.54) is 11.3 Å². The van der Waals surface area contributed by atoms with Gasteiger partial charge in [-0.2, -0.15) is 13.2 Å². The SMILES string of the molecule is C[C@@H]1CCCN1Cc1sc(Cc2ncnc(Cl)c2F)nc1-c1cc(F)cc(C(F)(F)F)c1. The normalized spacial score (nSPS) is 17.3. The lowest BCUT2D eigenvalue weighted by Gasteiger charge is -2.20. The minimum Gasteiger partial charge on any atom is -0.296 e. The molecule has 0 saturated carbocycles. The molecule has 11 heteroatoms. The number of thiazole rings is 1. The number of alkyl halides is 3. The number of rotatable bonds is 5. The summed E-state index contributed by atoms with van der Waals surface area (Å²) in [6.07, 6.45) is -1.54. The van der Waals surface area contributed by atoms with Crippen LogP contribution in [0.1, 0.15) is 40.9 Å². The number of likely N-dealkylation sites (tertiary alicyclic amines) is 1. The first-order chi connectivity index (χ1) is 15.1. The zero-order valence-electron chi connectivity index (χ0n) is 16.9. The van der Waals surface area contributed by atoms with E-state index in [-0.39, 0.29) is 28.5 Å². The van der Waals surface area contributed by atoms with E-state index in [1.807, 2.05) is 0 Å². The predicted octanol–water partition coefficient (Wildman–Crippen LogP) is 6.13. The average molecular weight is 489 g/mol. The zero-order valence-corrected chi connectivity index (χ0v) is 18.5. The van der Waals surface area contributed by atoms with Crippen molar-refractivity contribution >= 4 is 22.9 Å². The van der Waals surface area contributed by atoms with Crippen molar-refractivity contribution in [2.75, 3.05) is 6.54 Å². The van der Waals surface area contributed by atoms with Gasteiger partial charge in [0.1, 0.15) is 12.1 Å². The van der Waals surface area contributed by atoms with Crippen LogP contribution in [0.4, 0.5) is 22.0 Å². The molecule has 1 saturated heterocycles. The molecule has 0 aliphatic carbocycles. The van der Waals surface area contributed by atoms with E-state index in [0.717, 1.165) is 37.8 Å². The molecular weight excluding hydrogens is 471 g/mol. The van der Waals surface area contributed by atoms with Gasteiger partial charge in [-0.15, -0.1) is 11.3 Å². The maximum absolute atomic E-state index is 14.3. The van der Waals surface area contributed by atoms with Crippen LogP contribution in [0.15, 0.2) is 24.5 Å². The first-order valence-corrected chi connectivity index (χ1v) is 11.1. The second-order valence-electron chi connectivity index (χ2n) is 7.67. The summed E-state index contributed by atoms with van der Waals surface area (Å²) in [7, 11) is 0. The topological polar surface area (TPSA) is 41.9 Å². The van der Waals surface area contributed by atoms with Crippen molar-refractivity contribution in [2.45, 2.75) is 44.9 Å². The minimum atomic E-state index is -4.69. The lowest BCUT2D eigenvalue weighted by molar-refractivity contribution is -0.137. The summed E-state index contributed by atoms with van der Waals surface area (Å²) >= 11 is 6.97. The third kappa shape index (κ3) is 4.92. The molecule has 1 fully saturated rings. The zero-order chi connectivity index (χ0) is 23.0. The molecule has 2 aromatic heterocycles. The molecule has 0 spiro atoms. The molecule has 170 valence electrons. The Morgan fingerprint density at radius 1 is 1.19 bits per heavy atom. The lowest BCUT2D eigenvalue weighted by atomic mass is 10.1. The Hall–Kier alpha value is -2.17. The first kappa shape index (κ1) is 23.0. The van der Waals surface area contributed by atoms with Gasteiger partial charge in [-0.25, -0.2) is 23.7 Å². The van der Waals surface area contributed by atoms with E-state index < -0.39 is 23.4 Å². The molecule has 0 radical (unpaired) electrons. The standard InChI is InChI=1S/C21H18ClF5N4S/c1-11-3-2-4-31(11)9-16-19(12-5-13(21(25,26)27)7-14(23)6-12)30-17(32-16)8-15-18(24)20(22)29-10-28-15/h5-7,10-11H,2-4,8-9H2,1H3/t11-/m1/s1. The van der Waals surface area contributed by atoms with Crippen molar-refractivity contribution in [2.24, 2.45) is 0 Å². The van der Waals surface area contributed by atoms with Crippen molar-refractivity contribution in [3.8, 4) is 11.3 Å². The van der Waals surface area contributed by atoms with Gasteiger partial charge in [0, 0.05) is 29.4 Å². The minimum absolute atomic E-state index is 0.0112. The predicted molar refractivity (Wildman–Crippen MR) is 111 cm³/mol. The van der Waals surface area contributed by atoms with Crippen LogP contribution in [0.2, 0.25) is 5.15 Å². The number of hydrogen-bond donors (Lipinski definition) is 0. The van der Waals surface area contributed by atoms with Crippen LogP contribution in [0.3, 0.4) is 0 Å². The van der Waals surface area contributed by atoms with Crippen LogP contribution in [0, 0.1) is 11.6 Å². The van der Waals surface area contributed by atoms with Gasteiger partial charge in [-0.3, -0.25) is 4.90 Å². The highest BCUT2D eigenvalue weighted by atomic mass is 35.5. The Labute approximate surface area is 190 Å². The van der Waals surface area contributed by atoms with Crippen molar-refractivity contribution in [1.82, 2.24) is 19.9 Å². The van der Waals surface area contributed by atoms with E-state index in [4.69, 9.17) is 11.6 Å². The highest BCUT2D eigenvalue weighted by Crippen LogP contribution is 2.37. The number of benzene rings is 1. The number of aromatic nitrogens is 3. The first-order valence-electron chi connectivity index (χ1n) is 9.87. The lowest BCUT2D eigenvalue weighted by Crippen LogP contribution is -2.25. The van der Waals surface area contributed by atoms with Gasteiger partial charge >= 0.3 is 6.18 Å². The van der Waals surface area contributed by atoms with Crippen molar-refractivity contribution in [1.29, 1.82) is 0 Å². The third-order valence-electron chi connectivity index (χ3n) is 5.42.